The molecule has 11 heteroatoms. The number of methoxy groups -OCH3 is 1. The normalized spacial score (nSPS) is 13.9. The predicted molar refractivity (Wildman–Crippen MR) is 122 cm³/mol. The van der Waals surface area contributed by atoms with Crippen molar-refractivity contribution >= 4 is 17.9 Å². The maximum atomic E-state index is 12.3. The van der Waals surface area contributed by atoms with E-state index in [0.717, 1.165) is 16.7 Å². The van der Waals surface area contributed by atoms with Crippen molar-refractivity contribution in [3.63, 3.8) is 0 Å². The molecule has 172 valence electrons. The Morgan fingerprint density at radius 3 is 2.64 bits per heavy atom. The Hall–Kier alpha value is -4.09. The molecule has 0 unspecified atom stereocenters. The van der Waals surface area contributed by atoms with Crippen molar-refractivity contribution in [1.82, 2.24) is 25.9 Å². The molecule has 0 aliphatic carbocycles. The second-order valence-electron chi connectivity index (χ2n) is 7.44. The lowest BCUT2D eigenvalue weighted by molar-refractivity contribution is 0.214. The highest BCUT2D eigenvalue weighted by Gasteiger charge is 2.28. The van der Waals surface area contributed by atoms with Crippen LogP contribution in [0.4, 0.5) is 10.5 Å². The van der Waals surface area contributed by atoms with Crippen LogP contribution in [0.25, 0.3) is 11.3 Å². The summed E-state index contributed by atoms with van der Waals surface area (Å²) in [5.74, 6) is 1.19. The van der Waals surface area contributed by atoms with Gasteiger partial charge in [0, 0.05) is 25.2 Å². The van der Waals surface area contributed by atoms with Gasteiger partial charge in [-0.3, -0.25) is 0 Å². The number of aromatic nitrogens is 2. The Kier molecular flexibility index (Phi) is 6.16. The van der Waals surface area contributed by atoms with Crippen molar-refractivity contribution in [3.05, 3.63) is 59.2 Å². The molecule has 2 heterocycles. The van der Waals surface area contributed by atoms with Crippen LogP contribution in [-0.4, -0.2) is 46.4 Å². The molecule has 3 N–H and O–H groups in total. The molecule has 33 heavy (non-hydrogen) atoms. The third-order valence-corrected chi connectivity index (χ3v) is 5.28. The lowest BCUT2D eigenvalue weighted by atomic mass is 10.0. The molecule has 11 nitrogen and oxygen atoms in total. The molecule has 1 aromatic heterocycles. The fourth-order valence-electron chi connectivity index (χ4n) is 3.65. The summed E-state index contributed by atoms with van der Waals surface area (Å²) in [7, 11) is 4.93. The highest BCUT2D eigenvalue weighted by atomic mass is 16.5. The molecule has 3 aromatic rings. The summed E-state index contributed by atoms with van der Waals surface area (Å²) in [4.78, 5) is 12.3. The van der Waals surface area contributed by atoms with Gasteiger partial charge >= 0.3 is 6.03 Å². The van der Waals surface area contributed by atoms with Crippen molar-refractivity contribution in [1.29, 1.82) is 0 Å². The number of benzene rings is 2. The van der Waals surface area contributed by atoms with Gasteiger partial charge in [-0.15, -0.1) is 11.1 Å². The van der Waals surface area contributed by atoms with E-state index in [0.29, 0.717) is 28.6 Å². The van der Waals surface area contributed by atoms with Gasteiger partial charge in [-0.05, 0) is 36.8 Å². The molecule has 0 spiro atoms. The van der Waals surface area contributed by atoms with Crippen molar-refractivity contribution in [2.45, 2.75) is 13.5 Å². The van der Waals surface area contributed by atoms with Crippen LogP contribution in [-0.2, 0) is 13.7 Å². The van der Waals surface area contributed by atoms with Crippen LogP contribution in [0, 0.1) is 6.92 Å². The topological polar surface area (TPSA) is 116 Å². The second kappa shape index (κ2) is 9.18. The number of carbonyl (C=O) groups excluding carboxylic acids is 1. The average Bonchev–Trinajstić information content (AvgIpc) is 3.31. The van der Waals surface area contributed by atoms with Gasteiger partial charge < -0.3 is 14.7 Å². The number of aryl methyl sites for hydroxylation is 2. The minimum atomic E-state index is -0.226. The second-order valence-corrected chi connectivity index (χ2v) is 7.44. The minimum Gasteiger partial charge on any atom is -0.489 e. The zero-order valence-electron chi connectivity index (χ0n) is 18.7. The average molecular weight is 451 g/mol. The fourth-order valence-corrected chi connectivity index (χ4v) is 3.65. The highest BCUT2D eigenvalue weighted by molar-refractivity contribution is 5.93. The first-order chi connectivity index (χ1) is 15.9. The molecule has 2 aromatic carbocycles. The Labute approximate surface area is 190 Å². The van der Waals surface area contributed by atoms with Gasteiger partial charge in [-0.2, -0.15) is 5.10 Å². The Morgan fingerprint density at radius 1 is 1.18 bits per heavy atom. The number of oxime groups is 1. The van der Waals surface area contributed by atoms with Gasteiger partial charge in [0.05, 0.1) is 24.6 Å². The summed E-state index contributed by atoms with van der Waals surface area (Å²) in [6.45, 7) is 2.21. The number of hydrogen-bond acceptors (Lipinski definition) is 8. The number of hydrogen-bond donors (Lipinski definition) is 3. The number of nitrogens with zero attached hydrogens (tertiary/aromatic N) is 5. The third-order valence-electron chi connectivity index (χ3n) is 5.28. The van der Waals surface area contributed by atoms with E-state index >= 15 is 0 Å². The zero-order chi connectivity index (χ0) is 23.5. The molecule has 1 saturated heterocycles. The van der Waals surface area contributed by atoms with E-state index in [9.17, 15) is 4.79 Å². The van der Waals surface area contributed by atoms with E-state index in [2.05, 4.69) is 21.3 Å². The lowest BCUT2D eigenvalue weighted by Gasteiger charge is -2.18. The van der Waals surface area contributed by atoms with Gasteiger partial charge in [0.1, 0.15) is 18.1 Å². The summed E-state index contributed by atoms with van der Waals surface area (Å²) >= 11 is 0. The molecule has 0 radical (unpaired) electrons. The summed E-state index contributed by atoms with van der Waals surface area (Å²) in [6.07, 6.45) is 1.30. The van der Waals surface area contributed by atoms with Crippen LogP contribution < -0.4 is 25.6 Å². The largest absolute Gasteiger partial charge is 0.489 e. The van der Waals surface area contributed by atoms with Gasteiger partial charge in [-0.25, -0.2) is 19.5 Å². The fraction of sp³-hybridized carbons (Fsp3) is 0.227. The summed E-state index contributed by atoms with van der Waals surface area (Å²) in [6, 6.07) is 13.0. The molecule has 1 aliphatic heterocycles. The summed E-state index contributed by atoms with van der Waals surface area (Å²) in [5.41, 5.74) is 10.1. The van der Waals surface area contributed by atoms with Crippen LogP contribution in [0.5, 0.6) is 11.6 Å². The number of carbonyl (C=O) groups is 1. The third kappa shape index (κ3) is 4.19. The molecular weight excluding hydrogens is 426 g/mol. The number of ether oxygens (including phenoxy) is 2. The number of nitrogens with one attached hydrogen (secondary N) is 2. The van der Waals surface area contributed by atoms with Crippen LogP contribution in [0.1, 0.15) is 16.7 Å². The Morgan fingerprint density at radius 2 is 1.97 bits per heavy atom. The van der Waals surface area contributed by atoms with Gasteiger partial charge in [0.2, 0.25) is 5.88 Å². The SMILES string of the molecule is COc1c(/C=N/O)c(-c2ccc(OCc3ccccc3N3NNN(C)C3=O)c(C)c2)nn1C. The van der Waals surface area contributed by atoms with Crippen molar-refractivity contribution in [3.8, 4) is 22.9 Å². The van der Waals surface area contributed by atoms with Crippen LogP contribution in [0.2, 0.25) is 0 Å². The van der Waals surface area contributed by atoms with Gasteiger partial charge in [0.25, 0.3) is 0 Å². The number of para-hydroxylation sites is 1. The van der Waals surface area contributed by atoms with E-state index < -0.39 is 0 Å². The number of urea groups is 1. The molecule has 0 atom stereocenters. The number of hydrazine groups is 3. The summed E-state index contributed by atoms with van der Waals surface area (Å²) in [5, 5.41) is 19.5. The van der Waals surface area contributed by atoms with E-state index in [1.165, 1.54) is 23.3 Å². The maximum Gasteiger partial charge on any atom is 0.355 e. The summed E-state index contributed by atoms with van der Waals surface area (Å²) < 4.78 is 13.0. The molecule has 1 aliphatic rings. The Bertz CT molecular complexity index is 1210. The molecular formula is C22H25N7O4. The van der Waals surface area contributed by atoms with Crippen LogP contribution in [0.3, 0.4) is 0 Å². The maximum absolute atomic E-state index is 12.3. The monoisotopic (exact) mass is 451 g/mol. The van der Waals surface area contributed by atoms with Crippen molar-refractivity contribution < 1.29 is 19.5 Å². The smallest absolute Gasteiger partial charge is 0.355 e. The molecule has 1 fully saturated rings. The highest BCUT2D eigenvalue weighted by Crippen LogP contribution is 2.32. The van der Waals surface area contributed by atoms with Crippen molar-refractivity contribution in [2.75, 3.05) is 19.2 Å². The van der Waals surface area contributed by atoms with E-state index in [1.807, 2.05) is 49.4 Å². The molecule has 2 amide bonds. The van der Waals surface area contributed by atoms with E-state index in [4.69, 9.17) is 14.7 Å². The molecule has 4 rings (SSSR count). The predicted octanol–water partition coefficient (Wildman–Crippen LogP) is 2.59. The lowest BCUT2D eigenvalue weighted by Crippen LogP contribution is -2.38. The number of anilines is 1. The van der Waals surface area contributed by atoms with E-state index in [1.54, 1.807) is 18.8 Å². The molecule has 0 bridgehead atoms. The van der Waals surface area contributed by atoms with Gasteiger partial charge in [-0.1, -0.05) is 23.4 Å². The minimum absolute atomic E-state index is 0.226. The zero-order valence-corrected chi connectivity index (χ0v) is 18.7. The molecule has 0 saturated carbocycles. The first-order valence-corrected chi connectivity index (χ1v) is 10.1. The van der Waals surface area contributed by atoms with Crippen LogP contribution in [0.15, 0.2) is 47.6 Å². The first kappa shape index (κ1) is 22.1. The number of amides is 2. The quantitative estimate of drug-likeness (QED) is 0.287. The first-order valence-electron chi connectivity index (χ1n) is 10.1. The standard InChI is InChI=1S/C22H25N7O4/c1-14-11-15(20-17(12-23-31)21(32-4)27(2)24-20)9-10-19(14)33-13-16-7-5-6-8-18(16)29-22(30)28(3)25-26-29/h5-12,25-26,31H,13H2,1-4H3/b23-12+. The van der Waals surface area contributed by atoms with Crippen molar-refractivity contribution in [2.24, 2.45) is 12.2 Å². The number of rotatable bonds is 7. The van der Waals surface area contributed by atoms with E-state index in [-0.39, 0.29) is 12.6 Å². The Balaban J connectivity index is 1.57. The van der Waals surface area contributed by atoms with Gasteiger partial charge in [0.15, 0.2) is 0 Å². The van der Waals surface area contributed by atoms with Crippen LogP contribution >= 0.6 is 0 Å².